The Morgan fingerprint density at radius 3 is 1.36 bits per heavy atom. The van der Waals surface area contributed by atoms with E-state index in [1.54, 1.807) is 21.1 Å². The van der Waals surface area contributed by atoms with Crippen LogP contribution in [0.4, 0.5) is 0 Å². The van der Waals surface area contributed by atoms with Gasteiger partial charge in [0.15, 0.2) is 6.10 Å². The number of likely N-dealkylation sites (N-methyl/N-ethyl adjacent to an activating group) is 1. The lowest BCUT2D eigenvalue weighted by Crippen LogP contribution is -2.55. The standard InChI is InChI=1S/C51H85NO7/c1-6-8-10-12-14-16-18-20-21-22-23-24-25-26-27-28-29-30-32-33-35-37-39-41-49(53)58-46-47(45-57-44-43-48(51(55)56)52(3,4)5)59-50(54)42-40-38-36-34-31-19-17-15-13-11-9-7-2/h8-11,14-17,20-21,23-24,31,34,47-48H,6-7,12-13,18-19,22,25-30,32-33,35-46H2,1-5H3/b10-8+,11-9+,16-14+,17-15+,21-20+,24-23+,34-31+. The van der Waals surface area contributed by atoms with E-state index >= 15 is 0 Å². The van der Waals surface area contributed by atoms with E-state index in [9.17, 15) is 19.5 Å². The molecule has 59 heavy (non-hydrogen) atoms. The van der Waals surface area contributed by atoms with Crippen molar-refractivity contribution >= 4 is 17.9 Å². The highest BCUT2D eigenvalue weighted by atomic mass is 16.6. The van der Waals surface area contributed by atoms with Gasteiger partial charge in [-0.05, 0) is 83.5 Å². The maximum Gasteiger partial charge on any atom is 0.306 e. The fourth-order valence-corrected chi connectivity index (χ4v) is 6.25. The summed E-state index contributed by atoms with van der Waals surface area (Å²) in [6.45, 7) is 4.37. The number of carbonyl (C=O) groups excluding carboxylic acids is 3. The third-order valence-corrected chi connectivity index (χ3v) is 9.78. The molecule has 0 spiro atoms. The van der Waals surface area contributed by atoms with Gasteiger partial charge >= 0.3 is 11.9 Å². The molecule has 0 aromatic carbocycles. The Hall–Kier alpha value is -3.49. The van der Waals surface area contributed by atoms with E-state index in [1.165, 1.54) is 51.4 Å². The topological polar surface area (TPSA) is 102 Å². The summed E-state index contributed by atoms with van der Waals surface area (Å²) in [6, 6.07) is -0.737. The SMILES string of the molecule is CC/C=C/C/C=C/C/C=C/C/C=C/CCCCCCCCCCCCC(=O)OCC(COCCC(C(=O)[O-])[N+](C)(C)C)OC(=O)CCCC/C=C/C/C=C/C/C=C/CC. The molecule has 0 aliphatic carbocycles. The first kappa shape index (κ1) is 55.5. The number of aliphatic carboxylic acids is 1. The summed E-state index contributed by atoms with van der Waals surface area (Å²) < 4.78 is 17.1. The second-order valence-corrected chi connectivity index (χ2v) is 16.2. The molecule has 0 saturated carbocycles. The summed E-state index contributed by atoms with van der Waals surface area (Å²) in [4.78, 5) is 36.9. The largest absolute Gasteiger partial charge is 0.544 e. The maximum absolute atomic E-state index is 12.7. The molecule has 8 nitrogen and oxygen atoms in total. The van der Waals surface area contributed by atoms with Crippen LogP contribution in [-0.2, 0) is 28.6 Å². The molecule has 0 aromatic heterocycles. The summed E-state index contributed by atoms with van der Waals surface area (Å²) in [5.41, 5.74) is 0. The molecule has 336 valence electrons. The van der Waals surface area contributed by atoms with Crippen molar-refractivity contribution < 1.29 is 38.2 Å². The van der Waals surface area contributed by atoms with Crippen LogP contribution in [0.15, 0.2) is 85.1 Å². The zero-order valence-corrected chi connectivity index (χ0v) is 38.1. The minimum atomic E-state index is -1.14. The predicted octanol–water partition coefficient (Wildman–Crippen LogP) is 11.6. The molecule has 0 radical (unpaired) electrons. The number of hydrogen-bond donors (Lipinski definition) is 0. The molecule has 8 heteroatoms. The van der Waals surface area contributed by atoms with Gasteiger partial charge in [-0.15, -0.1) is 0 Å². The maximum atomic E-state index is 12.7. The van der Waals surface area contributed by atoms with Crippen molar-refractivity contribution in [1.29, 1.82) is 0 Å². The Morgan fingerprint density at radius 1 is 0.508 bits per heavy atom. The average molecular weight is 824 g/mol. The molecular weight excluding hydrogens is 739 g/mol. The Bertz CT molecular complexity index is 1240. The lowest BCUT2D eigenvalue weighted by atomic mass is 10.1. The van der Waals surface area contributed by atoms with E-state index in [1.807, 2.05) is 0 Å². The number of quaternary nitrogens is 1. The van der Waals surface area contributed by atoms with E-state index < -0.39 is 18.1 Å². The second-order valence-electron chi connectivity index (χ2n) is 16.2. The molecule has 0 N–H and O–H groups in total. The van der Waals surface area contributed by atoms with Crippen LogP contribution in [0, 0.1) is 0 Å². The Morgan fingerprint density at radius 2 is 0.898 bits per heavy atom. The highest BCUT2D eigenvalue weighted by Crippen LogP contribution is 2.14. The number of hydrogen-bond acceptors (Lipinski definition) is 7. The number of esters is 2. The minimum Gasteiger partial charge on any atom is -0.544 e. The Kier molecular flexibility index (Phi) is 38.8. The monoisotopic (exact) mass is 824 g/mol. The van der Waals surface area contributed by atoms with E-state index in [0.29, 0.717) is 12.8 Å². The Labute approximate surface area is 361 Å². The van der Waals surface area contributed by atoms with Crippen LogP contribution in [0.25, 0.3) is 0 Å². The van der Waals surface area contributed by atoms with E-state index in [4.69, 9.17) is 14.2 Å². The van der Waals surface area contributed by atoms with Crippen LogP contribution >= 0.6 is 0 Å². The molecule has 0 fully saturated rings. The van der Waals surface area contributed by atoms with Crippen molar-refractivity contribution in [1.82, 2.24) is 0 Å². The molecule has 0 rings (SSSR count). The number of ether oxygens (including phenoxy) is 3. The lowest BCUT2D eigenvalue weighted by Gasteiger charge is -2.34. The van der Waals surface area contributed by atoms with Crippen LogP contribution in [0.1, 0.15) is 168 Å². The van der Waals surface area contributed by atoms with Crippen molar-refractivity contribution in [2.75, 3.05) is 41.0 Å². The fourth-order valence-electron chi connectivity index (χ4n) is 6.25. The number of carboxylic acids is 1. The molecular formula is C51H85NO7. The third-order valence-electron chi connectivity index (χ3n) is 9.78. The van der Waals surface area contributed by atoms with Gasteiger partial charge in [-0.2, -0.15) is 0 Å². The van der Waals surface area contributed by atoms with Gasteiger partial charge in [0.1, 0.15) is 12.6 Å². The molecule has 0 aliphatic rings. The van der Waals surface area contributed by atoms with E-state index in [2.05, 4.69) is 98.9 Å². The third kappa shape index (κ3) is 39.7. The van der Waals surface area contributed by atoms with Crippen LogP contribution in [0.5, 0.6) is 0 Å². The van der Waals surface area contributed by atoms with E-state index in [0.717, 1.165) is 77.0 Å². The number of carbonyl (C=O) groups is 3. The zero-order chi connectivity index (χ0) is 43.5. The van der Waals surface area contributed by atoms with E-state index in [-0.39, 0.29) is 49.1 Å². The molecule has 0 bridgehead atoms. The summed E-state index contributed by atoms with van der Waals surface area (Å²) in [5, 5.41) is 11.6. The predicted molar refractivity (Wildman–Crippen MR) is 245 cm³/mol. The van der Waals surface area contributed by atoms with Crippen LogP contribution in [-0.4, -0.2) is 75.5 Å². The van der Waals surface area contributed by atoms with Crippen molar-refractivity contribution in [2.45, 2.75) is 180 Å². The molecule has 0 amide bonds. The normalized spacial score (nSPS) is 13.7. The second kappa shape index (κ2) is 41.3. The first-order chi connectivity index (χ1) is 28.6. The summed E-state index contributed by atoms with van der Waals surface area (Å²) in [7, 11) is 5.38. The zero-order valence-electron chi connectivity index (χ0n) is 38.1. The number of allylic oxidation sites excluding steroid dienone is 14. The van der Waals surface area contributed by atoms with Crippen molar-refractivity contribution in [3.8, 4) is 0 Å². The van der Waals surface area contributed by atoms with Crippen LogP contribution in [0.3, 0.4) is 0 Å². The van der Waals surface area contributed by atoms with Gasteiger partial charge in [-0.3, -0.25) is 9.59 Å². The highest BCUT2D eigenvalue weighted by Gasteiger charge is 2.25. The van der Waals surface area contributed by atoms with Crippen LogP contribution < -0.4 is 5.11 Å². The number of rotatable bonds is 40. The number of carboxylic acid groups (broad SMARTS) is 1. The average Bonchev–Trinajstić information content (AvgIpc) is 3.19. The Balaban J connectivity index is 4.27. The number of nitrogens with zero attached hydrogens (tertiary/aromatic N) is 1. The minimum absolute atomic E-state index is 0.0196. The quantitative estimate of drug-likeness (QED) is 0.0262. The summed E-state index contributed by atoms with van der Waals surface area (Å²) in [6.07, 6.45) is 53.4. The summed E-state index contributed by atoms with van der Waals surface area (Å²) >= 11 is 0. The molecule has 2 unspecified atom stereocenters. The molecule has 0 heterocycles. The van der Waals surface area contributed by atoms with Gasteiger partial charge in [0, 0.05) is 19.3 Å². The number of unbranched alkanes of at least 4 members (excludes halogenated alkanes) is 12. The molecule has 2 atom stereocenters. The van der Waals surface area contributed by atoms with Gasteiger partial charge in [0.25, 0.3) is 0 Å². The van der Waals surface area contributed by atoms with Gasteiger partial charge in [-0.1, -0.05) is 150 Å². The highest BCUT2D eigenvalue weighted by molar-refractivity contribution is 5.70. The summed E-state index contributed by atoms with van der Waals surface area (Å²) in [5.74, 6) is -1.80. The molecule has 0 aromatic rings. The van der Waals surface area contributed by atoms with Gasteiger partial charge in [0.2, 0.25) is 0 Å². The fraction of sp³-hybridized carbons (Fsp3) is 0.667. The van der Waals surface area contributed by atoms with Gasteiger partial charge in [-0.25, -0.2) is 0 Å². The first-order valence-electron chi connectivity index (χ1n) is 23.1. The lowest BCUT2D eigenvalue weighted by molar-refractivity contribution is -0.889. The molecule has 0 aliphatic heterocycles. The molecule has 0 saturated heterocycles. The van der Waals surface area contributed by atoms with Crippen LogP contribution in [0.2, 0.25) is 0 Å². The van der Waals surface area contributed by atoms with Crippen molar-refractivity contribution in [2.24, 2.45) is 0 Å². The first-order valence-corrected chi connectivity index (χ1v) is 23.1. The van der Waals surface area contributed by atoms with Gasteiger partial charge < -0.3 is 28.6 Å². The van der Waals surface area contributed by atoms with Crippen molar-refractivity contribution in [3.05, 3.63) is 85.1 Å². The van der Waals surface area contributed by atoms with Gasteiger partial charge in [0.05, 0.1) is 40.3 Å². The van der Waals surface area contributed by atoms with Crippen molar-refractivity contribution in [3.63, 3.8) is 0 Å². The smallest absolute Gasteiger partial charge is 0.306 e.